The Morgan fingerprint density at radius 3 is 2.80 bits per heavy atom. The molecular weight excluding hydrogens is 376 g/mol. The number of carbonyl (C=O) groups excluding carboxylic acids is 2. The number of pyridine rings is 1. The van der Waals surface area contributed by atoms with Crippen molar-refractivity contribution in [1.29, 1.82) is 0 Å². The monoisotopic (exact) mass is 406 g/mol. The molecule has 6 heteroatoms. The smallest absolute Gasteiger partial charge is 0.227 e. The lowest BCUT2D eigenvalue weighted by Crippen LogP contribution is -2.46. The van der Waals surface area contributed by atoms with Crippen LogP contribution in [0.3, 0.4) is 0 Å². The summed E-state index contributed by atoms with van der Waals surface area (Å²) < 4.78 is 0. The molecule has 2 amide bonds. The Bertz CT molecular complexity index is 886. The van der Waals surface area contributed by atoms with Crippen LogP contribution in [0, 0.1) is 12.8 Å². The first-order chi connectivity index (χ1) is 14.6. The van der Waals surface area contributed by atoms with E-state index < -0.39 is 0 Å². The highest BCUT2D eigenvalue weighted by Gasteiger charge is 2.32. The molecule has 1 aromatic heterocycles. The minimum absolute atomic E-state index is 0.0285. The highest BCUT2D eigenvalue weighted by molar-refractivity contribution is 5.82. The normalized spacial score (nSPS) is 20.2. The third kappa shape index (κ3) is 4.81. The third-order valence-corrected chi connectivity index (χ3v) is 6.10. The van der Waals surface area contributed by atoms with Gasteiger partial charge < -0.3 is 14.7 Å². The van der Waals surface area contributed by atoms with Gasteiger partial charge in [0.1, 0.15) is 5.82 Å². The lowest BCUT2D eigenvalue weighted by Gasteiger charge is -2.35. The number of aromatic nitrogens is 1. The fraction of sp³-hybridized carbons (Fsp3) is 0.458. The van der Waals surface area contributed by atoms with E-state index in [2.05, 4.69) is 35.0 Å². The number of anilines is 1. The molecule has 30 heavy (non-hydrogen) atoms. The van der Waals surface area contributed by atoms with Crippen LogP contribution in [0.25, 0.3) is 0 Å². The van der Waals surface area contributed by atoms with Crippen molar-refractivity contribution in [2.24, 2.45) is 5.92 Å². The number of piperidine rings is 1. The number of carbonyl (C=O) groups is 2. The lowest BCUT2D eigenvalue weighted by atomic mass is 9.96. The van der Waals surface area contributed by atoms with Crippen molar-refractivity contribution >= 4 is 17.6 Å². The summed E-state index contributed by atoms with van der Waals surface area (Å²) in [5, 5.41) is 0. The molecule has 4 rings (SSSR count). The summed E-state index contributed by atoms with van der Waals surface area (Å²) in [4.78, 5) is 36.3. The van der Waals surface area contributed by atoms with Crippen LogP contribution in [0.4, 0.5) is 5.82 Å². The highest BCUT2D eigenvalue weighted by Crippen LogP contribution is 2.23. The molecule has 2 aliphatic heterocycles. The number of rotatable bonds is 4. The van der Waals surface area contributed by atoms with Crippen molar-refractivity contribution < 1.29 is 9.59 Å². The molecule has 6 nitrogen and oxygen atoms in total. The maximum Gasteiger partial charge on any atom is 0.227 e. The first-order valence-electron chi connectivity index (χ1n) is 10.9. The number of aryl methyl sites for hydroxylation is 1. The van der Waals surface area contributed by atoms with Gasteiger partial charge in [0.15, 0.2) is 0 Å². The van der Waals surface area contributed by atoms with Gasteiger partial charge in [-0.25, -0.2) is 4.98 Å². The molecule has 1 atom stereocenters. The van der Waals surface area contributed by atoms with Gasteiger partial charge in [0, 0.05) is 51.9 Å². The molecule has 158 valence electrons. The van der Waals surface area contributed by atoms with E-state index in [1.54, 1.807) is 6.20 Å². The van der Waals surface area contributed by atoms with Crippen molar-refractivity contribution in [2.45, 2.75) is 32.7 Å². The maximum absolute atomic E-state index is 13.2. The fourth-order valence-corrected chi connectivity index (χ4v) is 4.47. The standard InChI is InChI=1S/C24H30N4O2/c1-19-6-4-7-20(16-19)17-28-15-14-26(13-10-23(28)29)24(30)21-8-5-12-27(18-21)22-9-2-3-11-25-22/h2-4,6-7,9,11,16,21H,5,8,10,12-15,17-18H2,1H3/t21-/m1/s1. The largest absolute Gasteiger partial charge is 0.356 e. The van der Waals surface area contributed by atoms with E-state index in [0.29, 0.717) is 39.1 Å². The second-order valence-electron chi connectivity index (χ2n) is 8.35. The molecular formula is C24H30N4O2. The average Bonchev–Trinajstić information content (AvgIpc) is 2.96. The summed E-state index contributed by atoms with van der Waals surface area (Å²) in [7, 11) is 0. The average molecular weight is 407 g/mol. The summed E-state index contributed by atoms with van der Waals surface area (Å²) in [5.74, 6) is 1.22. The quantitative estimate of drug-likeness (QED) is 0.784. The van der Waals surface area contributed by atoms with Gasteiger partial charge in [-0.1, -0.05) is 35.9 Å². The van der Waals surface area contributed by atoms with Crippen LogP contribution in [0.1, 0.15) is 30.4 Å². The highest BCUT2D eigenvalue weighted by atomic mass is 16.2. The van der Waals surface area contributed by atoms with E-state index >= 15 is 0 Å². The van der Waals surface area contributed by atoms with Gasteiger partial charge in [-0.3, -0.25) is 9.59 Å². The van der Waals surface area contributed by atoms with Crippen molar-refractivity contribution in [1.82, 2.24) is 14.8 Å². The molecule has 1 aromatic carbocycles. The van der Waals surface area contributed by atoms with Gasteiger partial charge in [0.25, 0.3) is 0 Å². The lowest BCUT2D eigenvalue weighted by molar-refractivity contribution is -0.135. The van der Waals surface area contributed by atoms with Crippen LogP contribution in [-0.2, 0) is 16.1 Å². The maximum atomic E-state index is 13.2. The van der Waals surface area contributed by atoms with E-state index in [1.807, 2.05) is 34.1 Å². The third-order valence-electron chi connectivity index (χ3n) is 6.10. The molecule has 0 radical (unpaired) electrons. The number of hydrogen-bond acceptors (Lipinski definition) is 4. The SMILES string of the molecule is Cc1cccc(CN2CCN(C(=O)[C@@H]3CCCN(c4ccccn4)C3)CCC2=O)c1. The van der Waals surface area contributed by atoms with Crippen LogP contribution in [0.15, 0.2) is 48.7 Å². The molecule has 0 unspecified atom stereocenters. The Balaban J connectivity index is 1.37. The molecule has 2 aliphatic rings. The zero-order valence-electron chi connectivity index (χ0n) is 17.7. The molecule has 0 N–H and O–H groups in total. The van der Waals surface area contributed by atoms with Gasteiger partial charge in [-0.15, -0.1) is 0 Å². The minimum atomic E-state index is -0.0285. The predicted molar refractivity (Wildman–Crippen MR) is 117 cm³/mol. The second kappa shape index (κ2) is 9.28. The summed E-state index contributed by atoms with van der Waals surface area (Å²) in [5.41, 5.74) is 2.34. The topological polar surface area (TPSA) is 56.8 Å². The minimum Gasteiger partial charge on any atom is -0.356 e. The van der Waals surface area contributed by atoms with Crippen LogP contribution in [-0.4, -0.2) is 59.3 Å². The van der Waals surface area contributed by atoms with Gasteiger partial charge in [-0.2, -0.15) is 0 Å². The van der Waals surface area contributed by atoms with Gasteiger partial charge >= 0.3 is 0 Å². The molecule has 0 aliphatic carbocycles. The number of hydrogen-bond donors (Lipinski definition) is 0. The molecule has 3 heterocycles. The van der Waals surface area contributed by atoms with Crippen molar-refractivity contribution in [2.75, 3.05) is 37.6 Å². The molecule has 0 bridgehead atoms. The van der Waals surface area contributed by atoms with Crippen molar-refractivity contribution in [3.8, 4) is 0 Å². The van der Waals surface area contributed by atoms with E-state index in [-0.39, 0.29) is 17.7 Å². The number of benzene rings is 1. The van der Waals surface area contributed by atoms with Crippen LogP contribution in [0.5, 0.6) is 0 Å². The molecule has 2 fully saturated rings. The fourth-order valence-electron chi connectivity index (χ4n) is 4.47. The number of amides is 2. The number of nitrogens with zero attached hydrogens (tertiary/aromatic N) is 4. The Hall–Kier alpha value is -2.89. The van der Waals surface area contributed by atoms with Gasteiger partial charge in [0.2, 0.25) is 11.8 Å². The first kappa shape index (κ1) is 20.4. The zero-order valence-corrected chi connectivity index (χ0v) is 17.7. The van der Waals surface area contributed by atoms with Crippen LogP contribution < -0.4 is 4.90 Å². The van der Waals surface area contributed by atoms with E-state index in [1.165, 1.54) is 5.56 Å². The zero-order chi connectivity index (χ0) is 20.9. The molecule has 2 aromatic rings. The Kier molecular flexibility index (Phi) is 6.31. The summed E-state index contributed by atoms with van der Waals surface area (Å²) in [6.07, 6.45) is 4.08. The van der Waals surface area contributed by atoms with E-state index in [4.69, 9.17) is 0 Å². The predicted octanol–water partition coefficient (Wildman–Crippen LogP) is 2.87. The Morgan fingerprint density at radius 1 is 1.10 bits per heavy atom. The van der Waals surface area contributed by atoms with Crippen LogP contribution in [0.2, 0.25) is 0 Å². The van der Waals surface area contributed by atoms with Crippen LogP contribution >= 0.6 is 0 Å². The summed E-state index contributed by atoms with van der Waals surface area (Å²) >= 11 is 0. The Labute approximate surface area is 178 Å². The summed E-state index contributed by atoms with van der Waals surface area (Å²) in [6.45, 7) is 6.02. The second-order valence-corrected chi connectivity index (χ2v) is 8.35. The van der Waals surface area contributed by atoms with Crippen molar-refractivity contribution in [3.63, 3.8) is 0 Å². The van der Waals surface area contributed by atoms with Gasteiger partial charge in [-0.05, 0) is 37.5 Å². The molecule has 0 saturated carbocycles. The van der Waals surface area contributed by atoms with Crippen molar-refractivity contribution in [3.05, 3.63) is 59.8 Å². The first-order valence-corrected chi connectivity index (χ1v) is 10.9. The van der Waals surface area contributed by atoms with E-state index in [9.17, 15) is 9.59 Å². The van der Waals surface area contributed by atoms with E-state index in [0.717, 1.165) is 30.8 Å². The summed E-state index contributed by atoms with van der Waals surface area (Å²) in [6, 6.07) is 14.2. The molecule has 0 spiro atoms. The van der Waals surface area contributed by atoms with Gasteiger partial charge in [0.05, 0.1) is 5.92 Å². The Morgan fingerprint density at radius 2 is 2.00 bits per heavy atom. The molecule has 2 saturated heterocycles.